The van der Waals surface area contributed by atoms with E-state index < -0.39 is 0 Å². The molecule has 1 amide bonds. The van der Waals surface area contributed by atoms with Gasteiger partial charge in [0.25, 0.3) is 5.91 Å². The summed E-state index contributed by atoms with van der Waals surface area (Å²) in [6.45, 7) is 13.9. The van der Waals surface area contributed by atoms with Gasteiger partial charge in [-0.1, -0.05) is 25.3 Å². The first-order chi connectivity index (χ1) is 14.1. The molecule has 1 fully saturated rings. The third-order valence-corrected chi connectivity index (χ3v) is 7.65. The summed E-state index contributed by atoms with van der Waals surface area (Å²) in [6.07, 6.45) is 6.52. The van der Waals surface area contributed by atoms with Gasteiger partial charge in [0, 0.05) is 33.9 Å². The van der Waals surface area contributed by atoms with Crippen molar-refractivity contribution < 1.29 is 4.79 Å². The van der Waals surface area contributed by atoms with E-state index in [0.29, 0.717) is 11.5 Å². The molecule has 1 heterocycles. The number of hydrogen-bond acceptors (Lipinski definition) is 3. The fraction of sp³-hybridized carbons (Fsp3) is 0.560. The normalized spacial score (nSPS) is 15.5. The Balaban J connectivity index is 2.00. The molecule has 30 heavy (non-hydrogen) atoms. The zero-order chi connectivity index (χ0) is 22.1. The molecule has 1 aliphatic carbocycles. The van der Waals surface area contributed by atoms with Crippen molar-refractivity contribution in [3.05, 3.63) is 40.6 Å². The molecule has 0 aliphatic heterocycles. The van der Waals surface area contributed by atoms with Gasteiger partial charge in [0.15, 0.2) is 0 Å². The summed E-state index contributed by atoms with van der Waals surface area (Å²) in [6, 6.07) is 6.40. The van der Waals surface area contributed by atoms with Gasteiger partial charge < -0.3 is 10.3 Å². The van der Waals surface area contributed by atoms with E-state index in [-0.39, 0.29) is 11.4 Å². The average Bonchev–Trinajstić information content (AvgIpc) is 3.00. The van der Waals surface area contributed by atoms with Gasteiger partial charge in [0.05, 0.1) is 5.56 Å². The second-order valence-corrected chi connectivity index (χ2v) is 10.7. The number of carbonyl (C=O) groups is 1. The van der Waals surface area contributed by atoms with Gasteiger partial charge in [-0.25, -0.2) is 0 Å². The zero-order valence-electron chi connectivity index (χ0n) is 19.4. The number of primary amides is 1. The number of nitrogens with one attached hydrogen (secondary N) is 1. The quantitative estimate of drug-likeness (QED) is 0.543. The van der Waals surface area contributed by atoms with Crippen LogP contribution in [0.2, 0.25) is 0 Å². The largest absolute Gasteiger partial charge is 0.366 e. The minimum absolute atomic E-state index is 0.0475. The summed E-state index contributed by atoms with van der Waals surface area (Å²) in [7, 11) is 0. The van der Waals surface area contributed by atoms with Crippen molar-refractivity contribution >= 4 is 17.9 Å². The summed E-state index contributed by atoms with van der Waals surface area (Å²) in [5, 5.41) is 0. The highest BCUT2D eigenvalue weighted by Crippen LogP contribution is 2.36. The van der Waals surface area contributed by atoms with Gasteiger partial charge in [0.1, 0.15) is 0 Å². The van der Waals surface area contributed by atoms with Gasteiger partial charge in [-0.3, -0.25) is 9.52 Å². The van der Waals surface area contributed by atoms with E-state index in [2.05, 4.69) is 56.0 Å². The van der Waals surface area contributed by atoms with Crippen molar-refractivity contribution in [3.63, 3.8) is 0 Å². The Morgan fingerprint density at radius 1 is 1.13 bits per heavy atom. The van der Waals surface area contributed by atoms with Crippen LogP contribution >= 0.6 is 11.9 Å². The van der Waals surface area contributed by atoms with Crippen LogP contribution < -0.4 is 10.5 Å². The van der Waals surface area contributed by atoms with E-state index in [9.17, 15) is 4.79 Å². The molecule has 1 aromatic heterocycles. The highest BCUT2D eigenvalue weighted by atomic mass is 32.2. The molecule has 1 aromatic carbocycles. The fourth-order valence-electron chi connectivity index (χ4n) is 4.37. The highest BCUT2D eigenvalue weighted by Gasteiger charge is 2.22. The summed E-state index contributed by atoms with van der Waals surface area (Å²) in [5.74, 6) is 0.337. The van der Waals surface area contributed by atoms with Gasteiger partial charge >= 0.3 is 0 Å². The van der Waals surface area contributed by atoms with Crippen molar-refractivity contribution in [2.75, 3.05) is 0 Å². The van der Waals surface area contributed by atoms with Crippen LogP contribution in [-0.4, -0.2) is 16.0 Å². The molecule has 0 unspecified atom stereocenters. The Hall–Kier alpha value is -1.72. The third-order valence-electron chi connectivity index (χ3n) is 6.28. The van der Waals surface area contributed by atoms with Gasteiger partial charge in [0.2, 0.25) is 0 Å². The molecule has 3 N–H and O–H groups in total. The van der Waals surface area contributed by atoms with Crippen LogP contribution in [-0.2, 0) is 6.54 Å². The monoisotopic (exact) mass is 427 g/mol. The van der Waals surface area contributed by atoms with Crippen LogP contribution in [0.1, 0.15) is 80.1 Å². The lowest BCUT2D eigenvalue weighted by Crippen LogP contribution is -2.29. The van der Waals surface area contributed by atoms with E-state index in [1.54, 1.807) is 11.9 Å². The number of nitrogens with two attached hydrogens (primary N) is 1. The van der Waals surface area contributed by atoms with Crippen LogP contribution in [0.4, 0.5) is 0 Å². The summed E-state index contributed by atoms with van der Waals surface area (Å²) in [5.41, 5.74) is 12.2. The molecular weight excluding hydrogens is 390 g/mol. The van der Waals surface area contributed by atoms with Gasteiger partial charge in [-0.2, -0.15) is 0 Å². The maximum atomic E-state index is 12.1. The van der Waals surface area contributed by atoms with Crippen molar-refractivity contribution in [2.24, 2.45) is 11.7 Å². The van der Waals surface area contributed by atoms with E-state index >= 15 is 0 Å². The van der Waals surface area contributed by atoms with Crippen LogP contribution in [0.5, 0.6) is 0 Å². The maximum Gasteiger partial charge on any atom is 0.250 e. The second-order valence-electron chi connectivity index (χ2n) is 9.82. The number of amides is 1. The average molecular weight is 428 g/mol. The molecule has 0 radical (unpaired) electrons. The Bertz CT molecular complexity index is 917. The van der Waals surface area contributed by atoms with Crippen LogP contribution in [0.25, 0.3) is 11.3 Å². The Labute approximate surface area is 186 Å². The predicted octanol–water partition coefficient (Wildman–Crippen LogP) is 6.15. The molecule has 4 nitrogen and oxygen atoms in total. The Kier molecular flexibility index (Phi) is 7.03. The molecule has 1 saturated carbocycles. The van der Waals surface area contributed by atoms with Crippen molar-refractivity contribution in [1.82, 2.24) is 9.29 Å². The van der Waals surface area contributed by atoms with Gasteiger partial charge in [-0.15, -0.1) is 0 Å². The van der Waals surface area contributed by atoms with Crippen molar-refractivity contribution in [2.45, 2.75) is 90.6 Å². The SMILES string of the molecule is Cc1c(SNC(C)(C)C)ccc(-c2cc(C(N)=O)c(C)n2CC2CCCCC2)c1C. The van der Waals surface area contributed by atoms with E-state index in [4.69, 9.17) is 5.73 Å². The lowest BCUT2D eigenvalue weighted by molar-refractivity contribution is 0.0999. The number of hydrogen-bond donors (Lipinski definition) is 2. The molecule has 0 saturated heterocycles. The number of rotatable bonds is 6. The first-order valence-corrected chi connectivity index (χ1v) is 11.9. The molecular formula is C25H37N3OS. The number of nitrogens with zero attached hydrogens (tertiary/aromatic N) is 1. The van der Waals surface area contributed by atoms with Crippen LogP contribution in [0, 0.1) is 26.7 Å². The summed E-state index contributed by atoms with van der Waals surface area (Å²) in [4.78, 5) is 13.3. The Morgan fingerprint density at radius 3 is 2.40 bits per heavy atom. The third kappa shape index (κ3) is 5.12. The molecule has 2 aromatic rings. The topological polar surface area (TPSA) is 60.0 Å². The Morgan fingerprint density at radius 2 is 1.80 bits per heavy atom. The number of aromatic nitrogens is 1. The highest BCUT2D eigenvalue weighted by molar-refractivity contribution is 7.97. The fourth-order valence-corrected chi connectivity index (χ4v) is 5.23. The van der Waals surface area contributed by atoms with Crippen molar-refractivity contribution in [3.8, 4) is 11.3 Å². The zero-order valence-corrected chi connectivity index (χ0v) is 20.2. The molecule has 0 spiro atoms. The second kappa shape index (κ2) is 9.19. The lowest BCUT2D eigenvalue weighted by atomic mass is 9.89. The predicted molar refractivity (Wildman–Crippen MR) is 128 cm³/mol. The maximum absolute atomic E-state index is 12.1. The molecule has 0 atom stereocenters. The van der Waals surface area contributed by atoms with Crippen LogP contribution in [0.15, 0.2) is 23.1 Å². The number of benzene rings is 1. The molecule has 3 rings (SSSR count). The van der Waals surface area contributed by atoms with Crippen LogP contribution in [0.3, 0.4) is 0 Å². The van der Waals surface area contributed by atoms with E-state index in [1.807, 2.05) is 13.0 Å². The van der Waals surface area contributed by atoms with E-state index in [0.717, 1.165) is 17.9 Å². The number of carbonyl (C=O) groups excluding carboxylic acids is 1. The lowest BCUT2D eigenvalue weighted by Gasteiger charge is -2.25. The van der Waals surface area contributed by atoms with Crippen molar-refractivity contribution in [1.29, 1.82) is 0 Å². The van der Waals surface area contributed by atoms with Gasteiger partial charge in [-0.05, 0) is 95.5 Å². The van der Waals surface area contributed by atoms with E-state index in [1.165, 1.54) is 53.7 Å². The molecule has 1 aliphatic rings. The molecule has 164 valence electrons. The first-order valence-electron chi connectivity index (χ1n) is 11.1. The summed E-state index contributed by atoms with van der Waals surface area (Å²) >= 11 is 1.69. The first kappa shape index (κ1) is 23.0. The minimum Gasteiger partial charge on any atom is -0.366 e. The standard InChI is InChI=1S/C25H37N3OS/c1-16-17(2)23(30-27-25(4,5)6)13-12-20(16)22-14-21(24(26)29)18(3)28(22)15-19-10-8-7-9-11-19/h12-14,19,27H,7-11,15H2,1-6H3,(H2,26,29). The summed E-state index contributed by atoms with van der Waals surface area (Å²) < 4.78 is 5.85. The molecule has 0 bridgehead atoms. The minimum atomic E-state index is -0.341. The smallest absolute Gasteiger partial charge is 0.250 e. The molecule has 5 heteroatoms.